The highest BCUT2D eigenvalue weighted by atomic mass is 16.6. The van der Waals surface area contributed by atoms with Crippen molar-refractivity contribution in [3.05, 3.63) is 0 Å². The Kier molecular flexibility index (Phi) is 24.7. The summed E-state index contributed by atoms with van der Waals surface area (Å²) in [5, 5.41) is 0. The summed E-state index contributed by atoms with van der Waals surface area (Å²) in [6.45, 7) is 6.74. The number of carbonyl (C=O) groups is 1. The SMILES string of the molecule is CCCCCCCCCCCCOC(=O)CCCOCCOCCOCCOC. The van der Waals surface area contributed by atoms with Crippen molar-refractivity contribution < 1.29 is 28.5 Å². The first-order valence-corrected chi connectivity index (χ1v) is 11.7. The lowest BCUT2D eigenvalue weighted by atomic mass is 10.1. The molecule has 6 nitrogen and oxygen atoms in total. The van der Waals surface area contributed by atoms with E-state index in [9.17, 15) is 4.79 Å². The molecule has 0 unspecified atom stereocenters. The van der Waals surface area contributed by atoms with E-state index in [2.05, 4.69) is 6.92 Å². The molecule has 0 saturated heterocycles. The maximum Gasteiger partial charge on any atom is 0.305 e. The molecule has 0 atom stereocenters. The Morgan fingerprint density at radius 1 is 0.552 bits per heavy atom. The molecule has 0 N–H and O–H groups in total. The molecule has 0 aliphatic heterocycles. The van der Waals surface area contributed by atoms with Crippen LogP contribution in [-0.4, -0.2) is 65.9 Å². The predicted molar refractivity (Wildman–Crippen MR) is 116 cm³/mol. The Labute approximate surface area is 178 Å². The number of hydrogen-bond donors (Lipinski definition) is 0. The van der Waals surface area contributed by atoms with Crippen molar-refractivity contribution in [2.45, 2.75) is 84.0 Å². The highest BCUT2D eigenvalue weighted by Gasteiger charge is 2.02. The van der Waals surface area contributed by atoms with E-state index in [-0.39, 0.29) is 5.97 Å². The summed E-state index contributed by atoms with van der Waals surface area (Å²) in [7, 11) is 1.65. The molecule has 0 aromatic rings. The van der Waals surface area contributed by atoms with Crippen molar-refractivity contribution in [1.29, 1.82) is 0 Å². The lowest BCUT2D eigenvalue weighted by molar-refractivity contribution is -0.144. The number of ether oxygens (including phenoxy) is 5. The fourth-order valence-corrected chi connectivity index (χ4v) is 2.85. The molecule has 0 aromatic heterocycles. The summed E-state index contributed by atoms with van der Waals surface area (Å²) in [6.07, 6.45) is 14.0. The van der Waals surface area contributed by atoms with Crippen LogP contribution in [0.2, 0.25) is 0 Å². The standard InChI is InChI=1S/C23H46O6/c1-3-4-5-6-7-8-9-10-11-12-16-29-23(24)14-13-15-26-19-20-28-22-21-27-18-17-25-2/h3-22H2,1-2H3. The minimum Gasteiger partial charge on any atom is -0.466 e. The fourth-order valence-electron chi connectivity index (χ4n) is 2.85. The lowest BCUT2D eigenvalue weighted by Crippen LogP contribution is -2.12. The van der Waals surface area contributed by atoms with Crippen LogP contribution in [-0.2, 0) is 28.5 Å². The summed E-state index contributed by atoms with van der Waals surface area (Å²) < 4.78 is 26.3. The zero-order chi connectivity index (χ0) is 21.3. The molecule has 6 heteroatoms. The van der Waals surface area contributed by atoms with Crippen molar-refractivity contribution in [1.82, 2.24) is 0 Å². The smallest absolute Gasteiger partial charge is 0.305 e. The van der Waals surface area contributed by atoms with Gasteiger partial charge in [0.15, 0.2) is 0 Å². The van der Waals surface area contributed by atoms with E-state index in [0.29, 0.717) is 65.7 Å². The Morgan fingerprint density at radius 3 is 1.59 bits per heavy atom. The van der Waals surface area contributed by atoms with Gasteiger partial charge in [-0.1, -0.05) is 64.7 Å². The quantitative estimate of drug-likeness (QED) is 0.164. The summed E-state index contributed by atoms with van der Waals surface area (Å²) in [5.41, 5.74) is 0. The molecule has 0 rings (SSSR count). The number of unbranched alkanes of at least 4 members (excludes halogenated alkanes) is 9. The summed E-state index contributed by atoms with van der Waals surface area (Å²) >= 11 is 0. The molecule has 0 aliphatic carbocycles. The van der Waals surface area contributed by atoms with Gasteiger partial charge in [0.1, 0.15) is 0 Å². The van der Waals surface area contributed by atoms with Gasteiger partial charge in [-0.25, -0.2) is 0 Å². The predicted octanol–water partition coefficient (Wildman–Crippen LogP) is 4.93. The first-order chi connectivity index (χ1) is 14.3. The topological polar surface area (TPSA) is 63.2 Å². The average Bonchev–Trinajstić information content (AvgIpc) is 2.72. The third kappa shape index (κ3) is 25.3. The maximum atomic E-state index is 11.7. The summed E-state index contributed by atoms with van der Waals surface area (Å²) in [6, 6.07) is 0. The third-order valence-corrected chi connectivity index (χ3v) is 4.61. The minimum absolute atomic E-state index is 0.117. The number of carbonyl (C=O) groups excluding carboxylic acids is 1. The van der Waals surface area contributed by atoms with Crippen molar-refractivity contribution in [2.24, 2.45) is 0 Å². The van der Waals surface area contributed by atoms with Gasteiger partial charge >= 0.3 is 5.97 Å². The van der Waals surface area contributed by atoms with Gasteiger partial charge in [-0.3, -0.25) is 4.79 Å². The first kappa shape index (κ1) is 28.3. The van der Waals surface area contributed by atoms with Gasteiger partial charge in [-0.2, -0.15) is 0 Å². The van der Waals surface area contributed by atoms with Crippen molar-refractivity contribution in [3.63, 3.8) is 0 Å². The summed E-state index contributed by atoms with van der Waals surface area (Å²) in [5.74, 6) is -0.117. The molecular weight excluding hydrogens is 372 g/mol. The van der Waals surface area contributed by atoms with Crippen LogP contribution in [0.4, 0.5) is 0 Å². The maximum absolute atomic E-state index is 11.7. The second-order valence-corrected chi connectivity index (χ2v) is 7.34. The molecule has 174 valence electrons. The molecule has 0 aromatic carbocycles. The van der Waals surface area contributed by atoms with Gasteiger partial charge in [-0.15, -0.1) is 0 Å². The van der Waals surface area contributed by atoms with Crippen LogP contribution >= 0.6 is 0 Å². The van der Waals surface area contributed by atoms with E-state index >= 15 is 0 Å². The van der Waals surface area contributed by atoms with Gasteiger partial charge in [0.05, 0.1) is 46.2 Å². The van der Waals surface area contributed by atoms with Gasteiger partial charge in [0.25, 0.3) is 0 Å². The molecule has 0 fully saturated rings. The van der Waals surface area contributed by atoms with Crippen LogP contribution in [0, 0.1) is 0 Å². The van der Waals surface area contributed by atoms with Gasteiger partial charge in [0, 0.05) is 20.1 Å². The van der Waals surface area contributed by atoms with E-state index in [1.54, 1.807) is 7.11 Å². The van der Waals surface area contributed by atoms with E-state index in [0.717, 1.165) is 12.8 Å². The molecule has 0 bridgehead atoms. The molecule has 0 heterocycles. The summed E-state index contributed by atoms with van der Waals surface area (Å²) in [4.78, 5) is 11.7. The monoisotopic (exact) mass is 418 g/mol. The molecule has 0 amide bonds. The molecule has 0 saturated carbocycles. The largest absolute Gasteiger partial charge is 0.466 e. The van der Waals surface area contributed by atoms with Crippen LogP contribution < -0.4 is 0 Å². The number of methoxy groups -OCH3 is 1. The molecule has 0 spiro atoms. The van der Waals surface area contributed by atoms with Gasteiger partial charge < -0.3 is 23.7 Å². The van der Waals surface area contributed by atoms with Crippen molar-refractivity contribution in [2.75, 3.05) is 60.0 Å². The van der Waals surface area contributed by atoms with E-state index < -0.39 is 0 Å². The second-order valence-electron chi connectivity index (χ2n) is 7.34. The van der Waals surface area contributed by atoms with Crippen molar-refractivity contribution in [3.8, 4) is 0 Å². The first-order valence-electron chi connectivity index (χ1n) is 11.7. The van der Waals surface area contributed by atoms with Crippen LogP contribution in [0.15, 0.2) is 0 Å². The lowest BCUT2D eigenvalue weighted by Gasteiger charge is -2.07. The normalized spacial score (nSPS) is 11.1. The Morgan fingerprint density at radius 2 is 1.03 bits per heavy atom. The highest BCUT2D eigenvalue weighted by Crippen LogP contribution is 2.10. The zero-order valence-corrected chi connectivity index (χ0v) is 19.1. The third-order valence-electron chi connectivity index (χ3n) is 4.61. The molecule has 0 radical (unpaired) electrons. The Hall–Kier alpha value is -0.690. The zero-order valence-electron chi connectivity index (χ0n) is 19.1. The number of rotatable bonds is 24. The van der Waals surface area contributed by atoms with Gasteiger partial charge in [0.2, 0.25) is 0 Å². The van der Waals surface area contributed by atoms with Crippen LogP contribution in [0.1, 0.15) is 84.0 Å². The minimum atomic E-state index is -0.117. The molecule has 29 heavy (non-hydrogen) atoms. The van der Waals surface area contributed by atoms with Crippen LogP contribution in [0.3, 0.4) is 0 Å². The van der Waals surface area contributed by atoms with Crippen LogP contribution in [0.5, 0.6) is 0 Å². The van der Waals surface area contributed by atoms with Gasteiger partial charge in [-0.05, 0) is 12.8 Å². The molecule has 0 aliphatic rings. The van der Waals surface area contributed by atoms with Crippen molar-refractivity contribution >= 4 is 5.97 Å². The van der Waals surface area contributed by atoms with E-state index in [4.69, 9.17) is 23.7 Å². The van der Waals surface area contributed by atoms with Crippen LogP contribution in [0.25, 0.3) is 0 Å². The highest BCUT2D eigenvalue weighted by molar-refractivity contribution is 5.69. The average molecular weight is 419 g/mol. The van der Waals surface area contributed by atoms with E-state index in [1.807, 2.05) is 0 Å². The van der Waals surface area contributed by atoms with E-state index in [1.165, 1.54) is 51.4 Å². The fraction of sp³-hybridized carbons (Fsp3) is 0.957. The number of esters is 1. The number of hydrogen-bond acceptors (Lipinski definition) is 6. The molecular formula is C23H46O6. The second kappa shape index (κ2) is 25.3. The Balaban J connectivity index is 3.13. The Bertz CT molecular complexity index is 324.